The van der Waals surface area contributed by atoms with Crippen molar-refractivity contribution in [1.29, 1.82) is 0 Å². The molecule has 1 heterocycles. The monoisotopic (exact) mass is 339 g/mol. The van der Waals surface area contributed by atoms with Gasteiger partial charge in [0, 0.05) is 45.6 Å². The van der Waals surface area contributed by atoms with Gasteiger partial charge in [-0.2, -0.15) is 5.10 Å². The van der Waals surface area contributed by atoms with Gasteiger partial charge in [-0.25, -0.2) is 8.78 Å². The van der Waals surface area contributed by atoms with Crippen molar-refractivity contribution in [2.24, 2.45) is 7.05 Å². The van der Waals surface area contributed by atoms with Gasteiger partial charge in [-0.05, 0) is 12.1 Å². The number of carbonyl (C=O) groups excluding carboxylic acids is 1. The summed E-state index contributed by atoms with van der Waals surface area (Å²) >= 11 is 0. The third kappa shape index (κ3) is 3.95. The van der Waals surface area contributed by atoms with Gasteiger partial charge in [-0.15, -0.1) is 0 Å². The Morgan fingerprint density at radius 2 is 2.17 bits per heavy atom. The second kappa shape index (κ2) is 7.50. The number of rotatable bonds is 6. The molecule has 0 saturated carbocycles. The predicted molar refractivity (Wildman–Crippen MR) is 83.4 cm³/mol. The van der Waals surface area contributed by atoms with Crippen LogP contribution in [0.3, 0.4) is 0 Å². The van der Waals surface area contributed by atoms with Gasteiger partial charge in [0.05, 0.1) is 18.3 Å². The van der Waals surface area contributed by atoms with Gasteiger partial charge in [0.25, 0.3) is 5.91 Å². The van der Waals surface area contributed by atoms with Crippen LogP contribution in [0.25, 0.3) is 11.3 Å². The Bertz CT molecular complexity index is 733. The first-order valence-corrected chi connectivity index (χ1v) is 7.25. The van der Waals surface area contributed by atoms with E-state index in [2.05, 4.69) is 5.10 Å². The summed E-state index contributed by atoms with van der Waals surface area (Å²) in [6, 6.07) is 3.08. The van der Waals surface area contributed by atoms with E-state index < -0.39 is 23.6 Å². The number of methoxy groups -OCH3 is 1. The molecule has 1 aromatic carbocycles. The number of carbonyl (C=O) groups is 1. The normalized spacial score (nSPS) is 12.2. The molecule has 24 heavy (non-hydrogen) atoms. The van der Waals surface area contributed by atoms with E-state index in [1.807, 2.05) is 0 Å². The molecule has 1 atom stereocenters. The number of hydrogen-bond donors (Lipinski definition) is 1. The number of benzene rings is 1. The van der Waals surface area contributed by atoms with Gasteiger partial charge in [0.15, 0.2) is 0 Å². The first-order chi connectivity index (χ1) is 11.3. The minimum absolute atomic E-state index is 0.0335. The fourth-order valence-corrected chi connectivity index (χ4v) is 2.38. The Kier molecular flexibility index (Phi) is 5.63. The lowest BCUT2D eigenvalue weighted by atomic mass is 10.1. The van der Waals surface area contributed by atoms with Crippen LogP contribution in [0.5, 0.6) is 0 Å². The molecule has 0 bridgehead atoms. The maximum atomic E-state index is 14.0. The molecule has 0 fully saturated rings. The minimum atomic E-state index is -0.841. The number of aliphatic hydroxyl groups is 1. The van der Waals surface area contributed by atoms with Gasteiger partial charge in [-0.3, -0.25) is 9.48 Å². The Hall–Kier alpha value is -2.32. The number of hydrogen-bond acceptors (Lipinski definition) is 4. The molecular formula is C16H19F2N3O3. The first-order valence-electron chi connectivity index (χ1n) is 7.25. The lowest BCUT2D eigenvalue weighted by molar-refractivity contribution is 0.0380. The summed E-state index contributed by atoms with van der Waals surface area (Å²) in [7, 11) is 4.56. The number of aryl methyl sites for hydroxylation is 1. The summed E-state index contributed by atoms with van der Waals surface area (Å²) in [6.45, 7) is 0.136. The van der Waals surface area contributed by atoms with Crippen molar-refractivity contribution in [1.82, 2.24) is 14.7 Å². The summed E-state index contributed by atoms with van der Waals surface area (Å²) in [5.74, 6) is -1.94. The molecule has 8 heteroatoms. The summed E-state index contributed by atoms with van der Waals surface area (Å²) in [4.78, 5) is 13.9. The molecule has 1 aromatic heterocycles. The molecule has 0 radical (unpaired) electrons. The van der Waals surface area contributed by atoms with Crippen molar-refractivity contribution in [2.45, 2.75) is 6.10 Å². The highest BCUT2D eigenvalue weighted by Gasteiger charge is 2.23. The minimum Gasteiger partial charge on any atom is -0.389 e. The topological polar surface area (TPSA) is 67.6 Å². The molecule has 2 rings (SSSR count). The van der Waals surface area contributed by atoms with Crippen LogP contribution >= 0.6 is 0 Å². The summed E-state index contributed by atoms with van der Waals surface area (Å²) in [5.41, 5.74) is 0.314. The third-order valence-corrected chi connectivity index (χ3v) is 3.44. The molecule has 0 aliphatic rings. The standard InChI is InChI=1S/C16H19F2N3O3/c1-20(7-11(22)9-24-3)16(23)13-8-21(2)19-15(13)12-5-4-10(17)6-14(12)18/h4-6,8,11,22H,7,9H2,1-3H3. The molecule has 1 N–H and O–H groups in total. The van der Waals surface area contributed by atoms with Crippen molar-refractivity contribution in [3.05, 3.63) is 41.6 Å². The largest absolute Gasteiger partial charge is 0.389 e. The lowest BCUT2D eigenvalue weighted by Gasteiger charge is -2.20. The maximum absolute atomic E-state index is 14.0. The van der Waals surface area contributed by atoms with Gasteiger partial charge in [0.1, 0.15) is 17.3 Å². The molecule has 0 spiro atoms. The van der Waals surface area contributed by atoms with Crippen molar-refractivity contribution in [2.75, 3.05) is 27.3 Å². The quantitative estimate of drug-likeness (QED) is 0.865. The van der Waals surface area contributed by atoms with E-state index >= 15 is 0 Å². The molecule has 0 aliphatic carbocycles. The van der Waals surface area contributed by atoms with E-state index in [0.717, 1.165) is 12.1 Å². The highest BCUT2D eigenvalue weighted by molar-refractivity contribution is 5.99. The second-order valence-electron chi connectivity index (χ2n) is 5.48. The Labute approximate surface area is 138 Å². The van der Waals surface area contributed by atoms with E-state index in [0.29, 0.717) is 0 Å². The van der Waals surface area contributed by atoms with Gasteiger partial charge >= 0.3 is 0 Å². The number of halogens is 2. The molecule has 1 unspecified atom stereocenters. The van der Waals surface area contributed by atoms with E-state index in [1.165, 1.54) is 36.0 Å². The highest BCUT2D eigenvalue weighted by atomic mass is 19.1. The predicted octanol–water partition coefficient (Wildman–Crippen LogP) is 1.44. The fourth-order valence-electron chi connectivity index (χ4n) is 2.38. The zero-order valence-corrected chi connectivity index (χ0v) is 13.7. The SMILES string of the molecule is COCC(O)CN(C)C(=O)c1cn(C)nc1-c1ccc(F)cc1F. The van der Waals surface area contributed by atoms with Crippen LogP contribution in [0.4, 0.5) is 8.78 Å². The third-order valence-electron chi connectivity index (χ3n) is 3.44. The fraction of sp³-hybridized carbons (Fsp3) is 0.375. The molecular weight excluding hydrogens is 320 g/mol. The van der Waals surface area contributed by atoms with Crippen LogP contribution in [0.15, 0.2) is 24.4 Å². The molecule has 0 saturated heterocycles. The molecule has 6 nitrogen and oxygen atoms in total. The lowest BCUT2D eigenvalue weighted by Crippen LogP contribution is -2.36. The Balaban J connectivity index is 2.33. The second-order valence-corrected chi connectivity index (χ2v) is 5.48. The maximum Gasteiger partial charge on any atom is 0.257 e. The molecule has 0 aliphatic heterocycles. The van der Waals surface area contributed by atoms with Crippen LogP contribution in [0.2, 0.25) is 0 Å². The Morgan fingerprint density at radius 1 is 1.46 bits per heavy atom. The summed E-state index contributed by atoms with van der Waals surface area (Å²) in [5, 5.41) is 13.9. The number of aromatic nitrogens is 2. The van der Waals surface area contributed by atoms with Gasteiger partial charge in [0.2, 0.25) is 0 Å². The molecule has 2 aromatic rings. The van der Waals surface area contributed by atoms with Crippen LogP contribution in [0.1, 0.15) is 10.4 Å². The number of likely N-dealkylation sites (N-methyl/N-ethyl adjacent to an activating group) is 1. The van der Waals surface area contributed by atoms with E-state index in [1.54, 1.807) is 7.05 Å². The van der Waals surface area contributed by atoms with Gasteiger partial charge < -0.3 is 14.7 Å². The number of amides is 1. The molecule has 130 valence electrons. The van der Waals surface area contributed by atoms with Crippen molar-refractivity contribution in [3.8, 4) is 11.3 Å². The summed E-state index contributed by atoms with van der Waals surface area (Å²) in [6.07, 6.45) is 0.617. The first kappa shape index (κ1) is 18.0. The molecule has 1 amide bonds. The van der Waals surface area contributed by atoms with Crippen LogP contribution in [-0.4, -0.2) is 59.1 Å². The number of ether oxygens (including phenoxy) is 1. The number of nitrogens with zero attached hydrogens (tertiary/aromatic N) is 3. The van der Waals surface area contributed by atoms with Crippen molar-refractivity contribution >= 4 is 5.91 Å². The van der Waals surface area contributed by atoms with Crippen LogP contribution < -0.4 is 0 Å². The van der Waals surface area contributed by atoms with Crippen LogP contribution in [0, 0.1) is 11.6 Å². The smallest absolute Gasteiger partial charge is 0.257 e. The van der Waals surface area contributed by atoms with E-state index in [9.17, 15) is 18.7 Å². The zero-order valence-electron chi connectivity index (χ0n) is 13.7. The van der Waals surface area contributed by atoms with Gasteiger partial charge in [-0.1, -0.05) is 0 Å². The van der Waals surface area contributed by atoms with E-state index in [4.69, 9.17) is 4.74 Å². The van der Waals surface area contributed by atoms with Crippen molar-refractivity contribution < 1.29 is 23.4 Å². The highest BCUT2D eigenvalue weighted by Crippen LogP contribution is 2.26. The van der Waals surface area contributed by atoms with Crippen LogP contribution in [-0.2, 0) is 11.8 Å². The van der Waals surface area contributed by atoms with Crippen molar-refractivity contribution in [3.63, 3.8) is 0 Å². The average Bonchev–Trinajstić information content (AvgIpc) is 2.88. The average molecular weight is 339 g/mol. The number of aliphatic hydroxyl groups excluding tert-OH is 1. The van der Waals surface area contributed by atoms with E-state index in [-0.39, 0.29) is 30.0 Å². The summed E-state index contributed by atoms with van der Waals surface area (Å²) < 4.78 is 33.3. The Morgan fingerprint density at radius 3 is 2.79 bits per heavy atom. The zero-order chi connectivity index (χ0) is 17.9.